The van der Waals surface area contributed by atoms with Crippen LogP contribution in [0.4, 0.5) is 10.8 Å². The molecule has 2 aromatic heterocycles. The third-order valence-corrected chi connectivity index (χ3v) is 2.56. The monoisotopic (exact) mass is 234 g/mol. The quantitative estimate of drug-likeness (QED) is 0.838. The zero-order chi connectivity index (χ0) is 11.4. The van der Waals surface area contributed by atoms with Crippen molar-refractivity contribution in [2.75, 3.05) is 11.1 Å². The Morgan fingerprint density at radius 1 is 1.44 bits per heavy atom. The van der Waals surface area contributed by atoms with E-state index in [1.165, 1.54) is 17.5 Å². The molecular formula is C10H10N4OS. The number of nitrogen functional groups attached to an aromatic ring is 1. The minimum atomic E-state index is -0.132. The van der Waals surface area contributed by atoms with Crippen LogP contribution in [0, 0.1) is 0 Å². The summed E-state index contributed by atoms with van der Waals surface area (Å²) in [6, 6.07) is 3.45. The Morgan fingerprint density at radius 2 is 2.31 bits per heavy atom. The summed E-state index contributed by atoms with van der Waals surface area (Å²) < 4.78 is 0. The summed E-state index contributed by atoms with van der Waals surface area (Å²) >= 11 is 1.38. The zero-order valence-corrected chi connectivity index (χ0v) is 9.20. The van der Waals surface area contributed by atoms with Crippen LogP contribution in [-0.4, -0.2) is 15.9 Å². The predicted octanol–water partition coefficient (Wildman–Crippen LogP) is 1.30. The van der Waals surface area contributed by atoms with Gasteiger partial charge in [-0.3, -0.25) is 9.78 Å². The third kappa shape index (κ3) is 2.77. The molecule has 5 nitrogen and oxygen atoms in total. The first kappa shape index (κ1) is 10.6. The maximum atomic E-state index is 11.5. The van der Waals surface area contributed by atoms with Gasteiger partial charge in [0.2, 0.25) is 5.91 Å². The Morgan fingerprint density at radius 3 is 2.94 bits per heavy atom. The summed E-state index contributed by atoms with van der Waals surface area (Å²) in [5.74, 6) is -0.132. The molecule has 0 saturated heterocycles. The van der Waals surface area contributed by atoms with Crippen LogP contribution in [-0.2, 0) is 11.2 Å². The van der Waals surface area contributed by atoms with Crippen molar-refractivity contribution >= 4 is 28.1 Å². The number of hydrogen-bond donors (Lipinski definition) is 2. The first-order valence-corrected chi connectivity index (χ1v) is 5.52. The molecule has 0 aliphatic carbocycles. The molecule has 0 unspecified atom stereocenters. The van der Waals surface area contributed by atoms with Crippen molar-refractivity contribution < 1.29 is 4.79 Å². The lowest BCUT2D eigenvalue weighted by Gasteiger charge is -2.01. The fourth-order valence-corrected chi connectivity index (χ4v) is 1.70. The lowest BCUT2D eigenvalue weighted by Crippen LogP contribution is -2.14. The minimum Gasteiger partial charge on any atom is -0.397 e. The first-order valence-electron chi connectivity index (χ1n) is 4.64. The number of nitrogens with zero attached hydrogens (tertiary/aromatic N) is 2. The fraction of sp³-hybridized carbons (Fsp3) is 0.100. The van der Waals surface area contributed by atoms with Gasteiger partial charge in [0.05, 0.1) is 18.3 Å². The highest BCUT2D eigenvalue weighted by Crippen LogP contribution is 2.10. The molecular weight excluding hydrogens is 224 g/mol. The average Bonchev–Trinajstić information content (AvgIpc) is 2.74. The van der Waals surface area contributed by atoms with Crippen LogP contribution in [0.3, 0.4) is 0 Å². The predicted molar refractivity (Wildman–Crippen MR) is 63.1 cm³/mol. The third-order valence-electron chi connectivity index (χ3n) is 1.87. The van der Waals surface area contributed by atoms with Crippen molar-refractivity contribution in [2.24, 2.45) is 0 Å². The van der Waals surface area contributed by atoms with Gasteiger partial charge in [0, 0.05) is 17.3 Å². The number of hydrogen-bond acceptors (Lipinski definition) is 5. The topological polar surface area (TPSA) is 80.9 Å². The van der Waals surface area contributed by atoms with Crippen LogP contribution in [0.25, 0.3) is 0 Å². The van der Waals surface area contributed by atoms with Crippen LogP contribution in [0.2, 0.25) is 0 Å². The number of carbonyl (C=O) groups is 1. The summed E-state index contributed by atoms with van der Waals surface area (Å²) in [5.41, 5.74) is 6.77. The largest absolute Gasteiger partial charge is 0.397 e. The summed E-state index contributed by atoms with van der Waals surface area (Å²) in [5, 5.41) is 5.08. The molecule has 0 aliphatic rings. The Labute approximate surface area is 96.3 Å². The lowest BCUT2D eigenvalue weighted by molar-refractivity contribution is -0.115. The Balaban J connectivity index is 1.95. The van der Waals surface area contributed by atoms with Crippen LogP contribution in [0.15, 0.2) is 29.9 Å². The number of pyridine rings is 1. The van der Waals surface area contributed by atoms with Gasteiger partial charge in [-0.05, 0) is 12.1 Å². The number of thiazole rings is 1. The van der Waals surface area contributed by atoms with Crippen molar-refractivity contribution in [3.05, 3.63) is 35.6 Å². The molecule has 0 radical (unpaired) electrons. The zero-order valence-electron chi connectivity index (χ0n) is 8.38. The van der Waals surface area contributed by atoms with Crippen molar-refractivity contribution in [3.63, 3.8) is 0 Å². The van der Waals surface area contributed by atoms with Gasteiger partial charge in [-0.25, -0.2) is 4.98 Å². The Hall–Kier alpha value is -1.95. The van der Waals surface area contributed by atoms with Crippen molar-refractivity contribution in [3.8, 4) is 0 Å². The minimum absolute atomic E-state index is 0.132. The number of carbonyl (C=O) groups excluding carboxylic acids is 1. The van der Waals surface area contributed by atoms with Crippen molar-refractivity contribution in [1.29, 1.82) is 0 Å². The van der Waals surface area contributed by atoms with Crippen LogP contribution in [0.5, 0.6) is 0 Å². The molecule has 1 amide bonds. The van der Waals surface area contributed by atoms with E-state index in [9.17, 15) is 4.79 Å². The van der Waals surface area contributed by atoms with E-state index in [-0.39, 0.29) is 12.3 Å². The summed E-state index contributed by atoms with van der Waals surface area (Å²) in [6.07, 6.45) is 3.40. The number of nitrogens with two attached hydrogens (primary N) is 1. The van der Waals surface area contributed by atoms with Gasteiger partial charge >= 0.3 is 0 Å². The van der Waals surface area contributed by atoms with E-state index < -0.39 is 0 Å². The second-order valence-electron chi connectivity index (χ2n) is 3.15. The number of amides is 1. The molecule has 2 rings (SSSR count). The van der Waals surface area contributed by atoms with E-state index in [2.05, 4.69) is 15.3 Å². The normalized spacial score (nSPS) is 10.0. The van der Waals surface area contributed by atoms with Crippen LogP contribution < -0.4 is 11.1 Å². The van der Waals surface area contributed by atoms with Gasteiger partial charge in [0.25, 0.3) is 0 Å². The molecule has 0 spiro atoms. The molecule has 0 atom stereocenters. The smallest absolute Gasteiger partial charge is 0.232 e. The van der Waals surface area contributed by atoms with Gasteiger partial charge in [0.15, 0.2) is 5.13 Å². The van der Waals surface area contributed by atoms with E-state index in [1.54, 1.807) is 23.7 Å². The van der Waals surface area contributed by atoms with Gasteiger partial charge < -0.3 is 11.1 Å². The van der Waals surface area contributed by atoms with E-state index in [0.717, 1.165) is 0 Å². The molecule has 0 aromatic carbocycles. The number of aromatic nitrogens is 2. The highest BCUT2D eigenvalue weighted by Gasteiger charge is 2.06. The van der Waals surface area contributed by atoms with E-state index in [4.69, 9.17) is 5.73 Å². The van der Waals surface area contributed by atoms with Gasteiger partial charge in [-0.1, -0.05) is 0 Å². The maximum absolute atomic E-state index is 11.5. The van der Waals surface area contributed by atoms with Crippen LogP contribution in [0.1, 0.15) is 5.69 Å². The molecule has 0 aliphatic heterocycles. The van der Waals surface area contributed by atoms with E-state index in [1.807, 2.05) is 0 Å². The average molecular weight is 234 g/mol. The van der Waals surface area contributed by atoms with Gasteiger partial charge in [0.1, 0.15) is 0 Å². The summed E-state index contributed by atoms with van der Waals surface area (Å²) in [6.45, 7) is 0. The molecule has 2 heterocycles. The van der Waals surface area contributed by atoms with Crippen molar-refractivity contribution in [1.82, 2.24) is 9.97 Å². The molecule has 0 fully saturated rings. The standard InChI is InChI=1S/C10H10N4OS/c11-7-1-2-8(13-6-7)5-9(15)14-10-12-3-4-16-10/h1-4,6H,5,11H2,(H,12,14,15). The second kappa shape index (κ2) is 4.71. The highest BCUT2D eigenvalue weighted by molar-refractivity contribution is 7.13. The molecule has 3 N–H and O–H groups in total. The summed E-state index contributed by atoms with van der Waals surface area (Å²) in [7, 11) is 0. The molecule has 82 valence electrons. The highest BCUT2D eigenvalue weighted by atomic mass is 32.1. The SMILES string of the molecule is Nc1ccc(CC(=O)Nc2nccs2)nc1. The molecule has 2 aromatic rings. The van der Waals surface area contributed by atoms with Crippen molar-refractivity contribution in [2.45, 2.75) is 6.42 Å². The number of rotatable bonds is 3. The van der Waals surface area contributed by atoms with Gasteiger partial charge in [-0.15, -0.1) is 11.3 Å². The molecule has 0 bridgehead atoms. The number of nitrogens with one attached hydrogen (secondary N) is 1. The molecule has 6 heteroatoms. The maximum Gasteiger partial charge on any atom is 0.232 e. The first-order chi connectivity index (χ1) is 7.74. The Bertz CT molecular complexity index is 466. The van der Waals surface area contributed by atoms with E-state index in [0.29, 0.717) is 16.5 Å². The molecule has 0 saturated carbocycles. The second-order valence-corrected chi connectivity index (χ2v) is 4.04. The lowest BCUT2D eigenvalue weighted by atomic mass is 10.2. The Kier molecular flexibility index (Phi) is 3.11. The molecule has 16 heavy (non-hydrogen) atoms. The fourth-order valence-electron chi connectivity index (χ4n) is 1.15. The number of anilines is 2. The van der Waals surface area contributed by atoms with E-state index >= 15 is 0 Å². The summed E-state index contributed by atoms with van der Waals surface area (Å²) in [4.78, 5) is 19.6. The van der Waals surface area contributed by atoms with Gasteiger partial charge in [-0.2, -0.15) is 0 Å². The van der Waals surface area contributed by atoms with Crippen LogP contribution >= 0.6 is 11.3 Å².